The molecule has 21 heavy (non-hydrogen) atoms. The average Bonchev–Trinajstić information content (AvgIpc) is 2.51. The van der Waals surface area contributed by atoms with E-state index >= 15 is 0 Å². The third kappa shape index (κ3) is 6.77. The van der Waals surface area contributed by atoms with E-state index in [1.165, 1.54) is 13.2 Å². The minimum absolute atomic E-state index is 0.175. The van der Waals surface area contributed by atoms with Crippen LogP contribution in [0.25, 0.3) is 6.08 Å². The topological polar surface area (TPSA) is 44.8 Å². The molecule has 114 valence electrons. The number of esters is 1. The van der Waals surface area contributed by atoms with Crippen molar-refractivity contribution in [2.75, 3.05) is 20.8 Å². The van der Waals surface area contributed by atoms with Crippen LogP contribution in [-0.4, -0.2) is 32.9 Å². The minimum Gasteiger partial charge on any atom is -0.501 e. The van der Waals surface area contributed by atoms with Gasteiger partial charge >= 0.3 is 5.97 Å². The molecule has 0 aliphatic carbocycles. The lowest BCUT2D eigenvalue weighted by molar-refractivity contribution is -0.137. The second kappa shape index (κ2) is 9.77. The van der Waals surface area contributed by atoms with Crippen LogP contribution in [0.3, 0.4) is 0 Å². The quantitative estimate of drug-likeness (QED) is 0.419. The first-order valence-corrected chi connectivity index (χ1v) is 6.87. The highest BCUT2D eigenvalue weighted by Crippen LogP contribution is 2.12. The molecule has 1 aromatic rings. The molecule has 1 unspecified atom stereocenters. The van der Waals surface area contributed by atoms with Gasteiger partial charge in [0.1, 0.15) is 5.76 Å². The van der Waals surface area contributed by atoms with Crippen molar-refractivity contribution in [2.45, 2.75) is 19.4 Å². The van der Waals surface area contributed by atoms with Crippen molar-refractivity contribution in [2.24, 2.45) is 0 Å². The Bertz CT molecular complexity index is 477. The Morgan fingerprint density at radius 2 is 1.95 bits per heavy atom. The van der Waals surface area contributed by atoms with E-state index in [1.807, 2.05) is 42.5 Å². The first-order valence-electron chi connectivity index (χ1n) is 6.87. The first kappa shape index (κ1) is 17.0. The molecule has 4 heteroatoms. The van der Waals surface area contributed by atoms with Gasteiger partial charge in [-0.2, -0.15) is 0 Å². The van der Waals surface area contributed by atoms with Crippen molar-refractivity contribution in [1.82, 2.24) is 0 Å². The third-order valence-electron chi connectivity index (χ3n) is 2.84. The van der Waals surface area contributed by atoms with Crippen LogP contribution in [0.5, 0.6) is 0 Å². The van der Waals surface area contributed by atoms with Crippen molar-refractivity contribution in [1.29, 1.82) is 0 Å². The molecular formula is C17H22O4. The lowest BCUT2D eigenvalue weighted by Gasteiger charge is -2.13. The van der Waals surface area contributed by atoms with Gasteiger partial charge in [0.15, 0.2) is 0 Å². The number of carbonyl (C=O) groups excluding carboxylic acids is 1. The number of rotatable bonds is 8. The Labute approximate surface area is 126 Å². The Hall–Kier alpha value is -2.07. The highest BCUT2D eigenvalue weighted by atomic mass is 16.5. The van der Waals surface area contributed by atoms with Crippen LogP contribution >= 0.6 is 0 Å². The van der Waals surface area contributed by atoms with Crippen LogP contribution in [0.2, 0.25) is 0 Å². The molecule has 0 amide bonds. The number of benzene rings is 1. The van der Waals surface area contributed by atoms with Crippen LogP contribution < -0.4 is 0 Å². The molecular weight excluding hydrogens is 268 g/mol. The summed E-state index contributed by atoms with van der Waals surface area (Å²) in [6, 6.07) is 9.94. The SMILES string of the molecule is CCOC(=O)/C=C(\CC(/C=C/c1ccccc1)OC)OC. The summed E-state index contributed by atoms with van der Waals surface area (Å²) in [4.78, 5) is 11.4. The smallest absolute Gasteiger partial charge is 0.334 e. The zero-order valence-electron chi connectivity index (χ0n) is 12.7. The monoisotopic (exact) mass is 290 g/mol. The Balaban J connectivity index is 2.67. The van der Waals surface area contributed by atoms with Crippen LogP contribution in [0, 0.1) is 0 Å². The minimum atomic E-state index is -0.406. The summed E-state index contributed by atoms with van der Waals surface area (Å²) < 4.78 is 15.4. The molecule has 0 saturated heterocycles. The predicted octanol–water partition coefficient (Wildman–Crippen LogP) is 3.20. The van der Waals surface area contributed by atoms with Gasteiger partial charge in [-0.3, -0.25) is 0 Å². The highest BCUT2D eigenvalue weighted by molar-refractivity contribution is 5.82. The molecule has 1 atom stereocenters. The lowest BCUT2D eigenvalue weighted by atomic mass is 10.1. The molecule has 0 bridgehead atoms. The summed E-state index contributed by atoms with van der Waals surface area (Å²) >= 11 is 0. The second-order valence-electron chi connectivity index (χ2n) is 4.31. The molecule has 0 N–H and O–H groups in total. The zero-order valence-corrected chi connectivity index (χ0v) is 12.7. The molecule has 0 aliphatic heterocycles. The summed E-state index contributed by atoms with van der Waals surface area (Å²) in [5.74, 6) is 0.120. The first-order chi connectivity index (χ1) is 10.2. The van der Waals surface area contributed by atoms with Crippen LogP contribution in [-0.2, 0) is 19.0 Å². The largest absolute Gasteiger partial charge is 0.501 e. The van der Waals surface area contributed by atoms with E-state index < -0.39 is 5.97 Å². The van der Waals surface area contributed by atoms with Gasteiger partial charge in [0.05, 0.1) is 25.9 Å². The molecule has 0 radical (unpaired) electrons. The van der Waals surface area contributed by atoms with Gasteiger partial charge in [-0.15, -0.1) is 0 Å². The summed E-state index contributed by atoms with van der Waals surface area (Å²) in [6.45, 7) is 2.10. The van der Waals surface area contributed by atoms with Gasteiger partial charge in [-0.05, 0) is 12.5 Å². The number of methoxy groups -OCH3 is 2. The number of carbonyl (C=O) groups is 1. The van der Waals surface area contributed by atoms with E-state index in [-0.39, 0.29) is 6.10 Å². The molecule has 0 aliphatic rings. The molecule has 0 heterocycles. The fourth-order valence-electron chi connectivity index (χ4n) is 1.73. The summed E-state index contributed by atoms with van der Waals surface area (Å²) in [5, 5.41) is 0. The van der Waals surface area contributed by atoms with Gasteiger partial charge in [-0.1, -0.05) is 42.5 Å². The molecule has 0 saturated carbocycles. The summed E-state index contributed by atoms with van der Waals surface area (Å²) in [6.07, 6.45) is 5.56. The number of hydrogen-bond donors (Lipinski definition) is 0. The Kier molecular flexibility index (Phi) is 7.90. The number of ether oxygens (including phenoxy) is 3. The van der Waals surface area contributed by atoms with Gasteiger partial charge < -0.3 is 14.2 Å². The van der Waals surface area contributed by atoms with Crippen molar-refractivity contribution >= 4 is 12.0 Å². The van der Waals surface area contributed by atoms with Crippen LogP contribution in [0.1, 0.15) is 18.9 Å². The van der Waals surface area contributed by atoms with Crippen molar-refractivity contribution in [3.63, 3.8) is 0 Å². The average molecular weight is 290 g/mol. The zero-order chi connectivity index (χ0) is 15.5. The summed E-state index contributed by atoms with van der Waals surface area (Å²) in [7, 11) is 3.15. The van der Waals surface area contributed by atoms with E-state index in [1.54, 1.807) is 14.0 Å². The standard InChI is InChI=1S/C17H22O4/c1-4-21-17(18)13-16(20-3)12-15(19-2)11-10-14-8-6-5-7-9-14/h5-11,13,15H,4,12H2,1-3H3/b11-10+,16-13+. The van der Waals surface area contributed by atoms with Crippen molar-refractivity contribution < 1.29 is 19.0 Å². The number of hydrogen-bond acceptors (Lipinski definition) is 4. The maximum absolute atomic E-state index is 11.4. The van der Waals surface area contributed by atoms with Crippen molar-refractivity contribution in [3.05, 3.63) is 53.8 Å². The predicted molar refractivity (Wildman–Crippen MR) is 82.6 cm³/mol. The van der Waals surface area contributed by atoms with E-state index in [2.05, 4.69) is 0 Å². The molecule has 1 aromatic carbocycles. The van der Waals surface area contributed by atoms with Crippen LogP contribution in [0.4, 0.5) is 0 Å². The maximum atomic E-state index is 11.4. The third-order valence-corrected chi connectivity index (χ3v) is 2.84. The molecule has 0 spiro atoms. The summed E-state index contributed by atoms with van der Waals surface area (Å²) in [5.41, 5.74) is 1.09. The van der Waals surface area contributed by atoms with Crippen LogP contribution in [0.15, 0.2) is 48.2 Å². The van der Waals surface area contributed by atoms with E-state index in [4.69, 9.17) is 14.2 Å². The molecule has 0 fully saturated rings. The maximum Gasteiger partial charge on any atom is 0.334 e. The molecule has 4 nitrogen and oxygen atoms in total. The lowest BCUT2D eigenvalue weighted by Crippen LogP contribution is -2.11. The fourth-order valence-corrected chi connectivity index (χ4v) is 1.73. The van der Waals surface area contributed by atoms with Gasteiger partial charge in [0, 0.05) is 13.5 Å². The van der Waals surface area contributed by atoms with Gasteiger partial charge in [0.25, 0.3) is 0 Å². The van der Waals surface area contributed by atoms with E-state index in [0.717, 1.165) is 5.56 Å². The van der Waals surface area contributed by atoms with Crippen molar-refractivity contribution in [3.8, 4) is 0 Å². The highest BCUT2D eigenvalue weighted by Gasteiger charge is 2.10. The Morgan fingerprint density at radius 1 is 1.24 bits per heavy atom. The molecule has 0 aromatic heterocycles. The second-order valence-corrected chi connectivity index (χ2v) is 4.31. The Morgan fingerprint density at radius 3 is 2.52 bits per heavy atom. The molecule has 1 rings (SSSR count). The normalized spacial score (nSPS) is 13.2. The van der Waals surface area contributed by atoms with Gasteiger partial charge in [-0.25, -0.2) is 4.79 Å². The van der Waals surface area contributed by atoms with Gasteiger partial charge in [0.2, 0.25) is 0 Å². The van der Waals surface area contributed by atoms with E-state index in [9.17, 15) is 4.79 Å². The van der Waals surface area contributed by atoms with E-state index in [0.29, 0.717) is 18.8 Å². The fraction of sp³-hybridized carbons (Fsp3) is 0.353.